The highest BCUT2D eigenvalue weighted by Crippen LogP contribution is 2.31. The molecule has 4 nitrogen and oxygen atoms in total. The van der Waals surface area contributed by atoms with Crippen molar-refractivity contribution in [2.45, 2.75) is 0 Å². The van der Waals surface area contributed by atoms with E-state index in [1.807, 2.05) is 24.3 Å². The number of thioether (sulfide) groups is 2. The third-order valence-corrected chi connectivity index (χ3v) is 4.83. The number of carboxylic acids is 1. The average Bonchev–Trinajstić information content (AvgIpc) is 2.71. The lowest BCUT2D eigenvalue weighted by molar-refractivity contribution is -0.133. The largest absolute Gasteiger partial charge is 0.481 e. The predicted octanol–water partition coefficient (Wildman–Crippen LogP) is 3.24. The van der Waals surface area contributed by atoms with Crippen molar-refractivity contribution in [2.24, 2.45) is 4.99 Å². The lowest BCUT2D eigenvalue weighted by Crippen LogP contribution is -1.99. The van der Waals surface area contributed by atoms with Crippen LogP contribution in [0.15, 0.2) is 39.4 Å². The minimum atomic E-state index is -0.927. The fourth-order valence-corrected chi connectivity index (χ4v) is 3.27. The molecule has 0 spiro atoms. The maximum absolute atomic E-state index is 11.7. The molecule has 0 amide bonds. The van der Waals surface area contributed by atoms with Crippen LogP contribution in [0.5, 0.6) is 0 Å². The van der Waals surface area contributed by atoms with Gasteiger partial charge >= 0.3 is 5.97 Å². The number of rotatable bonds is 3. The molecule has 1 aromatic rings. The van der Waals surface area contributed by atoms with Crippen molar-refractivity contribution in [1.29, 1.82) is 0 Å². The molecule has 0 aromatic heterocycles. The first-order chi connectivity index (χ1) is 9.06. The van der Waals surface area contributed by atoms with E-state index in [4.69, 9.17) is 5.11 Å². The van der Waals surface area contributed by atoms with Gasteiger partial charge in [-0.05, 0) is 29.5 Å². The standard InChI is InChI=1S/C12H8BrNO3S2/c13-8-4-2-1-3-7(8)5-9-11(17)19-12(14-9)18-6-10(15)16/h1-5H,6H2,(H,15,16). The molecule has 1 aliphatic heterocycles. The highest BCUT2D eigenvalue weighted by Gasteiger charge is 2.23. The Labute approximate surface area is 126 Å². The number of nitrogens with zero attached hydrogens (tertiary/aromatic N) is 1. The van der Waals surface area contributed by atoms with Crippen molar-refractivity contribution in [2.75, 3.05) is 5.75 Å². The molecule has 0 aliphatic carbocycles. The Balaban J connectivity index is 2.18. The molecule has 1 aromatic carbocycles. The minimum absolute atomic E-state index is 0.0958. The zero-order chi connectivity index (χ0) is 13.8. The zero-order valence-electron chi connectivity index (χ0n) is 9.50. The van der Waals surface area contributed by atoms with Gasteiger partial charge in [-0.25, -0.2) is 4.99 Å². The van der Waals surface area contributed by atoms with Gasteiger partial charge in [0, 0.05) is 4.47 Å². The summed E-state index contributed by atoms with van der Waals surface area (Å²) in [4.78, 5) is 26.4. The number of hydrogen-bond acceptors (Lipinski definition) is 5. The maximum Gasteiger partial charge on any atom is 0.313 e. The van der Waals surface area contributed by atoms with E-state index < -0.39 is 5.97 Å². The van der Waals surface area contributed by atoms with E-state index >= 15 is 0 Å². The third-order valence-electron chi connectivity index (χ3n) is 2.12. The molecule has 1 aliphatic rings. The van der Waals surface area contributed by atoms with E-state index in [0.29, 0.717) is 10.1 Å². The number of benzene rings is 1. The van der Waals surface area contributed by atoms with Crippen LogP contribution in [-0.4, -0.2) is 26.3 Å². The topological polar surface area (TPSA) is 66.7 Å². The van der Waals surface area contributed by atoms with Gasteiger partial charge in [-0.2, -0.15) is 0 Å². The average molecular weight is 358 g/mol. The minimum Gasteiger partial charge on any atom is -0.481 e. The summed E-state index contributed by atoms with van der Waals surface area (Å²) in [5.41, 5.74) is 1.20. The van der Waals surface area contributed by atoms with E-state index in [2.05, 4.69) is 20.9 Å². The summed E-state index contributed by atoms with van der Waals surface area (Å²) in [5.74, 6) is -1.02. The Morgan fingerprint density at radius 3 is 2.89 bits per heavy atom. The first-order valence-corrected chi connectivity index (χ1v) is 7.77. The van der Waals surface area contributed by atoms with Crippen molar-refractivity contribution in [1.82, 2.24) is 0 Å². The van der Waals surface area contributed by atoms with Gasteiger partial charge in [-0.1, -0.05) is 45.9 Å². The van der Waals surface area contributed by atoms with Gasteiger partial charge in [-0.3, -0.25) is 9.59 Å². The predicted molar refractivity (Wildman–Crippen MR) is 82.2 cm³/mol. The fraction of sp³-hybridized carbons (Fsp3) is 0.0833. The molecular weight excluding hydrogens is 350 g/mol. The van der Waals surface area contributed by atoms with Crippen LogP contribution in [0.3, 0.4) is 0 Å². The lowest BCUT2D eigenvalue weighted by atomic mass is 10.2. The Hall–Kier alpha value is -1.05. The summed E-state index contributed by atoms with van der Waals surface area (Å²) in [6.45, 7) is 0. The molecule has 98 valence electrons. The summed E-state index contributed by atoms with van der Waals surface area (Å²) in [6, 6.07) is 7.50. The monoisotopic (exact) mass is 357 g/mol. The van der Waals surface area contributed by atoms with Crippen LogP contribution in [0.2, 0.25) is 0 Å². The first kappa shape index (κ1) is 14.4. The number of aliphatic carboxylic acids is 1. The molecule has 0 saturated heterocycles. The molecule has 0 radical (unpaired) electrons. The van der Waals surface area contributed by atoms with Crippen LogP contribution < -0.4 is 0 Å². The second-order valence-corrected chi connectivity index (χ2v) is 6.54. The number of carbonyl (C=O) groups is 2. The summed E-state index contributed by atoms with van der Waals surface area (Å²) in [7, 11) is 0. The van der Waals surface area contributed by atoms with Crippen molar-refractivity contribution >= 4 is 61.0 Å². The van der Waals surface area contributed by atoms with Gasteiger partial charge < -0.3 is 5.11 Å². The van der Waals surface area contributed by atoms with Gasteiger partial charge in [0.05, 0.1) is 5.75 Å². The quantitative estimate of drug-likeness (QED) is 0.841. The molecule has 2 rings (SSSR count). The highest BCUT2D eigenvalue weighted by molar-refractivity contribution is 9.10. The molecule has 0 bridgehead atoms. The smallest absolute Gasteiger partial charge is 0.313 e. The SMILES string of the molecule is O=C(O)CSC1=NC(=Cc2ccccc2Br)C(=O)S1. The number of halogens is 1. The van der Waals surface area contributed by atoms with Crippen LogP contribution in [0, 0.1) is 0 Å². The molecule has 7 heteroatoms. The van der Waals surface area contributed by atoms with Crippen molar-refractivity contribution in [3.8, 4) is 0 Å². The molecule has 0 fully saturated rings. The van der Waals surface area contributed by atoms with Crippen LogP contribution in [0.1, 0.15) is 5.56 Å². The van der Waals surface area contributed by atoms with Crippen LogP contribution in [0.4, 0.5) is 0 Å². The second kappa shape index (κ2) is 6.40. The number of aliphatic imine (C=N–C) groups is 1. The van der Waals surface area contributed by atoms with E-state index in [1.54, 1.807) is 6.08 Å². The van der Waals surface area contributed by atoms with E-state index in [1.165, 1.54) is 0 Å². The highest BCUT2D eigenvalue weighted by atomic mass is 79.9. The second-order valence-electron chi connectivity index (χ2n) is 3.50. The number of carbonyl (C=O) groups excluding carboxylic acids is 1. The molecule has 1 heterocycles. The van der Waals surface area contributed by atoms with Crippen molar-refractivity contribution < 1.29 is 14.7 Å². The summed E-state index contributed by atoms with van der Waals surface area (Å²) in [6.07, 6.45) is 1.69. The molecule has 19 heavy (non-hydrogen) atoms. The summed E-state index contributed by atoms with van der Waals surface area (Å²) in [5, 5.41) is 8.42. The molecule has 0 unspecified atom stereocenters. The van der Waals surface area contributed by atoms with Gasteiger partial charge in [0.1, 0.15) is 10.1 Å². The Bertz CT molecular complexity index is 598. The van der Waals surface area contributed by atoms with Crippen LogP contribution in [0.25, 0.3) is 6.08 Å². The van der Waals surface area contributed by atoms with E-state index in [0.717, 1.165) is 33.6 Å². The molecular formula is C12H8BrNO3S2. The Morgan fingerprint density at radius 2 is 2.21 bits per heavy atom. The van der Waals surface area contributed by atoms with Gasteiger partial charge in [0.25, 0.3) is 0 Å². The zero-order valence-corrected chi connectivity index (χ0v) is 12.7. The van der Waals surface area contributed by atoms with E-state index in [9.17, 15) is 9.59 Å². The maximum atomic E-state index is 11.7. The first-order valence-electron chi connectivity index (χ1n) is 5.18. The van der Waals surface area contributed by atoms with Crippen molar-refractivity contribution in [3.05, 3.63) is 40.0 Å². The summed E-state index contributed by atoms with van der Waals surface area (Å²) >= 11 is 5.42. The van der Waals surface area contributed by atoms with Gasteiger partial charge in [0.15, 0.2) is 0 Å². The van der Waals surface area contributed by atoms with Gasteiger partial charge in [-0.15, -0.1) is 0 Å². The Kier molecular flexibility index (Phi) is 4.84. The number of carboxylic acid groups (broad SMARTS) is 1. The lowest BCUT2D eigenvalue weighted by Gasteiger charge is -1.97. The van der Waals surface area contributed by atoms with Gasteiger partial charge in [0.2, 0.25) is 5.12 Å². The molecule has 0 atom stereocenters. The third kappa shape index (κ3) is 3.95. The van der Waals surface area contributed by atoms with Crippen molar-refractivity contribution in [3.63, 3.8) is 0 Å². The van der Waals surface area contributed by atoms with E-state index in [-0.39, 0.29) is 10.9 Å². The summed E-state index contributed by atoms with van der Waals surface area (Å²) < 4.78 is 1.35. The van der Waals surface area contributed by atoms with Crippen LogP contribution >= 0.6 is 39.5 Å². The number of hydrogen-bond donors (Lipinski definition) is 1. The van der Waals surface area contributed by atoms with Crippen LogP contribution in [-0.2, 0) is 9.59 Å². The Morgan fingerprint density at radius 1 is 1.47 bits per heavy atom. The molecule has 0 saturated carbocycles. The fourth-order valence-electron chi connectivity index (χ4n) is 1.31. The normalized spacial score (nSPS) is 16.8. The molecule has 1 N–H and O–H groups in total.